The van der Waals surface area contributed by atoms with Crippen molar-refractivity contribution in [1.29, 1.82) is 0 Å². The summed E-state index contributed by atoms with van der Waals surface area (Å²) in [6, 6.07) is 4.06. The van der Waals surface area contributed by atoms with Gasteiger partial charge in [0.2, 0.25) is 0 Å². The van der Waals surface area contributed by atoms with E-state index in [1.54, 1.807) is 11.3 Å². The molecule has 0 atom stereocenters. The molecule has 0 amide bonds. The van der Waals surface area contributed by atoms with Crippen molar-refractivity contribution < 1.29 is 0 Å². The van der Waals surface area contributed by atoms with E-state index in [9.17, 15) is 0 Å². The summed E-state index contributed by atoms with van der Waals surface area (Å²) in [5, 5.41) is 2.10. The number of nitrogens with one attached hydrogen (secondary N) is 1. The number of aromatic amines is 1. The van der Waals surface area contributed by atoms with Crippen molar-refractivity contribution in [3.63, 3.8) is 0 Å². The topological polar surface area (TPSA) is 28.7 Å². The van der Waals surface area contributed by atoms with Crippen LogP contribution in [0, 0.1) is 11.6 Å². The van der Waals surface area contributed by atoms with Gasteiger partial charge in [0.25, 0.3) is 0 Å². The average Bonchev–Trinajstić information content (AvgIpc) is 2.64. The van der Waals surface area contributed by atoms with Gasteiger partial charge in [-0.25, -0.2) is 4.98 Å². The normalized spacial score (nSPS) is 10.6. The van der Waals surface area contributed by atoms with Crippen LogP contribution >= 0.6 is 23.6 Å². The van der Waals surface area contributed by atoms with Crippen LogP contribution < -0.4 is 0 Å². The fraction of sp³-hybridized carbons (Fsp3) is 0.333. The van der Waals surface area contributed by atoms with Gasteiger partial charge in [0.1, 0.15) is 10.5 Å². The van der Waals surface area contributed by atoms with Crippen molar-refractivity contribution in [2.24, 2.45) is 0 Å². The molecule has 0 bridgehead atoms. The highest BCUT2D eigenvalue weighted by Crippen LogP contribution is 2.27. The molecule has 2 nitrogen and oxygen atoms in total. The molecule has 0 saturated carbocycles. The quantitative estimate of drug-likeness (QED) is 0.830. The van der Waals surface area contributed by atoms with Gasteiger partial charge in [-0.1, -0.05) is 19.1 Å². The minimum atomic E-state index is 0.671. The van der Waals surface area contributed by atoms with Crippen LogP contribution in [0.5, 0.6) is 0 Å². The van der Waals surface area contributed by atoms with E-state index in [0.717, 1.165) is 24.4 Å². The monoisotopic (exact) mass is 250 g/mol. The SMILES string of the molecule is CCCc1nc(=S)cc(-c2sccc2C)[nH]1. The second-order valence-corrected chi connectivity index (χ2v) is 5.10. The summed E-state index contributed by atoms with van der Waals surface area (Å²) in [5.74, 6) is 0.984. The maximum Gasteiger partial charge on any atom is 0.130 e. The standard InChI is InChI=1S/C12H14N2S2/c1-3-4-10-13-9(7-11(15)14-10)12-8(2)5-6-16-12/h5-7H,3-4H2,1-2H3,(H,13,14,15). The van der Waals surface area contributed by atoms with Crippen molar-refractivity contribution in [2.75, 3.05) is 0 Å². The van der Waals surface area contributed by atoms with E-state index in [-0.39, 0.29) is 0 Å². The van der Waals surface area contributed by atoms with Gasteiger partial charge in [-0.05, 0) is 36.4 Å². The Kier molecular flexibility index (Phi) is 3.51. The van der Waals surface area contributed by atoms with Gasteiger partial charge in [-0.2, -0.15) is 0 Å². The Morgan fingerprint density at radius 1 is 1.50 bits per heavy atom. The van der Waals surface area contributed by atoms with Crippen molar-refractivity contribution in [3.05, 3.63) is 33.5 Å². The van der Waals surface area contributed by atoms with E-state index in [2.05, 4.69) is 35.3 Å². The zero-order chi connectivity index (χ0) is 11.5. The first-order valence-electron chi connectivity index (χ1n) is 5.35. The van der Waals surface area contributed by atoms with Gasteiger partial charge < -0.3 is 4.98 Å². The van der Waals surface area contributed by atoms with Crippen LogP contribution in [0.1, 0.15) is 24.7 Å². The number of aromatic nitrogens is 2. The molecule has 0 aliphatic rings. The van der Waals surface area contributed by atoms with Crippen LogP contribution in [0.25, 0.3) is 10.6 Å². The number of aryl methyl sites for hydroxylation is 2. The molecule has 1 N–H and O–H groups in total. The molecule has 0 saturated heterocycles. The lowest BCUT2D eigenvalue weighted by molar-refractivity contribution is 0.833. The number of nitrogens with zero attached hydrogens (tertiary/aromatic N) is 1. The van der Waals surface area contributed by atoms with Crippen LogP contribution in [-0.2, 0) is 6.42 Å². The maximum absolute atomic E-state index is 5.19. The Bertz CT molecular complexity index is 540. The summed E-state index contributed by atoms with van der Waals surface area (Å²) >= 11 is 6.92. The number of hydrogen-bond donors (Lipinski definition) is 1. The molecular formula is C12H14N2S2. The predicted molar refractivity (Wildman–Crippen MR) is 71.5 cm³/mol. The van der Waals surface area contributed by atoms with Gasteiger partial charge in [0, 0.05) is 6.42 Å². The molecule has 16 heavy (non-hydrogen) atoms. The first-order valence-corrected chi connectivity index (χ1v) is 6.64. The van der Waals surface area contributed by atoms with E-state index < -0.39 is 0 Å². The Morgan fingerprint density at radius 2 is 2.31 bits per heavy atom. The van der Waals surface area contributed by atoms with Gasteiger partial charge in [0.15, 0.2) is 0 Å². The summed E-state index contributed by atoms with van der Waals surface area (Å²) in [7, 11) is 0. The first kappa shape index (κ1) is 11.5. The van der Waals surface area contributed by atoms with Gasteiger partial charge >= 0.3 is 0 Å². The van der Waals surface area contributed by atoms with Crippen LogP contribution in [0.4, 0.5) is 0 Å². The minimum absolute atomic E-state index is 0.671. The highest BCUT2D eigenvalue weighted by Gasteiger charge is 2.05. The molecule has 2 rings (SSSR count). The van der Waals surface area contributed by atoms with Crippen molar-refractivity contribution >= 4 is 23.6 Å². The second-order valence-electron chi connectivity index (χ2n) is 3.76. The molecule has 0 unspecified atom stereocenters. The average molecular weight is 250 g/mol. The fourth-order valence-corrected chi connectivity index (χ4v) is 2.76. The maximum atomic E-state index is 5.19. The minimum Gasteiger partial charge on any atom is -0.342 e. The highest BCUT2D eigenvalue weighted by atomic mass is 32.1. The van der Waals surface area contributed by atoms with E-state index >= 15 is 0 Å². The molecule has 0 radical (unpaired) electrons. The van der Waals surface area contributed by atoms with Crippen LogP contribution in [-0.4, -0.2) is 9.97 Å². The highest BCUT2D eigenvalue weighted by molar-refractivity contribution is 7.71. The zero-order valence-corrected chi connectivity index (χ0v) is 11.0. The number of hydrogen-bond acceptors (Lipinski definition) is 3. The molecule has 84 valence electrons. The van der Waals surface area contributed by atoms with Gasteiger partial charge in [-0.15, -0.1) is 11.3 Å². The summed E-state index contributed by atoms with van der Waals surface area (Å²) in [6.45, 7) is 4.25. The lowest BCUT2D eigenvalue weighted by atomic mass is 10.2. The molecule has 2 aromatic rings. The Balaban J connectivity index is 2.49. The van der Waals surface area contributed by atoms with Crippen LogP contribution in [0.2, 0.25) is 0 Å². The van der Waals surface area contributed by atoms with E-state index in [4.69, 9.17) is 12.2 Å². The van der Waals surface area contributed by atoms with E-state index in [1.165, 1.54) is 10.4 Å². The second kappa shape index (κ2) is 4.89. The Morgan fingerprint density at radius 3 is 2.94 bits per heavy atom. The Labute approximate surface area is 104 Å². The fourth-order valence-electron chi connectivity index (χ4n) is 1.63. The first-order chi connectivity index (χ1) is 7.70. The third-order valence-corrected chi connectivity index (χ3v) is 3.64. The Hall–Kier alpha value is -1.00. The molecule has 2 aromatic heterocycles. The van der Waals surface area contributed by atoms with Crippen LogP contribution in [0.15, 0.2) is 17.5 Å². The summed E-state index contributed by atoms with van der Waals surface area (Å²) in [4.78, 5) is 8.94. The van der Waals surface area contributed by atoms with E-state index in [0.29, 0.717) is 4.64 Å². The lowest BCUT2D eigenvalue weighted by Gasteiger charge is -2.04. The predicted octanol–water partition coefficient (Wildman–Crippen LogP) is 4.13. The van der Waals surface area contributed by atoms with Crippen molar-refractivity contribution in [3.8, 4) is 10.6 Å². The third kappa shape index (κ3) is 2.39. The number of rotatable bonds is 3. The third-order valence-electron chi connectivity index (χ3n) is 2.39. The molecule has 0 spiro atoms. The number of thiophene rings is 1. The van der Waals surface area contributed by atoms with Crippen molar-refractivity contribution in [2.45, 2.75) is 26.7 Å². The summed E-state index contributed by atoms with van der Waals surface area (Å²) in [5.41, 5.74) is 2.38. The van der Waals surface area contributed by atoms with Crippen molar-refractivity contribution in [1.82, 2.24) is 9.97 Å². The molecule has 0 fully saturated rings. The van der Waals surface area contributed by atoms with E-state index in [1.807, 2.05) is 6.07 Å². The van der Waals surface area contributed by atoms with Gasteiger partial charge in [0.05, 0.1) is 10.6 Å². The molecule has 2 heterocycles. The largest absolute Gasteiger partial charge is 0.342 e. The molecule has 0 aliphatic carbocycles. The van der Waals surface area contributed by atoms with Gasteiger partial charge in [-0.3, -0.25) is 0 Å². The number of H-pyrrole nitrogens is 1. The lowest BCUT2D eigenvalue weighted by Crippen LogP contribution is -1.96. The summed E-state index contributed by atoms with van der Waals surface area (Å²) in [6.07, 6.45) is 2.02. The molecule has 4 heteroatoms. The zero-order valence-electron chi connectivity index (χ0n) is 9.41. The molecule has 0 aromatic carbocycles. The smallest absolute Gasteiger partial charge is 0.130 e. The van der Waals surface area contributed by atoms with Crippen LogP contribution in [0.3, 0.4) is 0 Å². The molecule has 0 aliphatic heterocycles. The summed E-state index contributed by atoms with van der Waals surface area (Å²) < 4.78 is 0.671. The molecular weight excluding hydrogens is 236 g/mol.